The highest BCUT2D eigenvalue weighted by atomic mass is 16.3. The molecule has 0 spiro atoms. The molecule has 1 saturated heterocycles. The number of primary amides is 1. The van der Waals surface area contributed by atoms with E-state index < -0.39 is 0 Å². The molecular formula is C18H20N4O3. The van der Waals surface area contributed by atoms with Crippen molar-refractivity contribution in [2.45, 2.75) is 31.6 Å². The Hall–Kier alpha value is -2.70. The van der Waals surface area contributed by atoms with Gasteiger partial charge in [-0.1, -0.05) is 0 Å². The van der Waals surface area contributed by atoms with Crippen molar-refractivity contribution < 1.29 is 14.0 Å². The Morgan fingerprint density at radius 3 is 2.76 bits per heavy atom. The second-order valence-electron chi connectivity index (χ2n) is 6.74. The monoisotopic (exact) mass is 340 g/mol. The van der Waals surface area contributed by atoms with E-state index in [0.29, 0.717) is 50.3 Å². The fourth-order valence-electron chi connectivity index (χ4n) is 3.68. The van der Waals surface area contributed by atoms with Gasteiger partial charge in [0.2, 0.25) is 11.9 Å². The molecule has 2 aliphatic rings. The number of rotatable bonds is 3. The van der Waals surface area contributed by atoms with Crippen LogP contribution in [-0.4, -0.2) is 34.7 Å². The van der Waals surface area contributed by atoms with Crippen LogP contribution in [0.4, 0.5) is 5.95 Å². The second-order valence-corrected chi connectivity index (χ2v) is 6.74. The molecule has 1 atom stereocenters. The molecule has 130 valence electrons. The van der Waals surface area contributed by atoms with Crippen molar-refractivity contribution in [1.82, 2.24) is 9.97 Å². The summed E-state index contributed by atoms with van der Waals surface area (Å²) in [6.45, 7) is 1.39. The molecule has 3 heterocycles. The van der Waals surface area contributed by atoms with E-state index in [0.717, 1.165) is 11.5 Å². The average Bonchev–Trinajstić information content (AvgIpc) is 3.16. The van der Waals surface area contributed by atoms with Crippen LogP contribution in [0.2, 0.25) is 0 Å². The maximum atomic E-state index is 12.4. The standard InChI is InChI=1S/C18H20N4O3/c19-17(24)11-3-5-22(6-4-11)18-20-10-13-14(21-18)8-12(9-15(13)23)16-2-1-7-25-16/h1-2,7,10-12H,3-6,8-9H2,(H2,19,24)/t12-/m1/s1. The summed E-state index contributed by atoms with van der Waals surface area (Å²) in [4.78, 5) is 34.8. The molecule has 2 aromatic rings. The van der Waals surface area contributed by atoms with Gasteiger partial charge in [0.15, 0.2) is 5.78 Å². The number of fused-ring (bicyclic) bond motifs is 1. The number of aromatic nitrogens is 2. The Morgan fingerprint density at radius 1 is 1.28 bits per heavy atom. The topological polar surface area (TPSA) is 102 Å². The summed E-state index contributed by atoms with van der Waals surface area (Å²) >= 11 is 0. The van der Waals surface area contributed by atoms with Gasteiger partial charge in [0.25, 0.3) is 0 Å². The van der Waals surface area contributed by atoms with Gasteiger partial charge in [0.05, 0.1) is 17.5 Å². The number of nitrogens with zero attached hydrogens (tertiary/aromatic N) is 3. The van der Waals surface area contributed by atoms with Crippen LogP contribution in [0.25, 0.3) is 0 Å². The van der Waals surface area contributed by atoms with E-state index in [2.05, 4.69) is 14.9 Å². The fourth-order valence-corrected chi connectivity index (χ4v) is 3.68. The van der Waals surface area contributed by atoms with Gasteiger partial charge in [0, 0.05) is 44.0 Å². The number of carbonyl (C=O) groups excluding carboxylic acids is 2. The molecule has 2 aromatic heterocycles. The number of hydrogen-bond donors (Lipinski definition) is 1. The molecule has 0 bridgehead atoms. The van der Waals surface area contributed by atoms with Crippen molar-refractivity contribution in [3.63, 3.8) is 0 Å². The van der Waals surface area contributed by atoms with Crippen molar-refractivity contribution in [2.75, 3.05) is 18.0 Å². The van der Waals surface area contributed by atoms with Crippen molar-refractivity contribution in [3.05, 3.63) is 41.6 Å². The minimum atomic E-state index is -0.238. The first-order valence-corrected chi connectivity index (χ1v) is 8.58. The molecular weight excluding hydrogens is 320 g/mol. The normalized spacial score (nSPS) is 21.2. The van der Waals surface area contributed by atoms with Gasteiger partial charge in [-0.05, 0) is 25.0 Å². The smallest absolute Gasteiger partial charge is 0.225 e. The molecule has 1 aliphatic carbocycles. The molecule has 0 aromatic carbocycles. The van der Waals surface area contributed by atoms with Gasteiger partial charge < -0.3 is 15.1 Å². The van der Waals surface area contributed by atoms with E-state index in [1.54, 1.807) is 12.5 Å². The quantitative estimate of drug-likeness (QED) is 0.912. The lowest BCUT2D eigenvalue weighted by atomic mass is 9.85. The summed E-state index contributed by atoms with van der Waals surface area (Å²) in [5, 5.41) is 0. The molecule has 2 N–H and O–H groups in total. The summed E-state index contributed by atoms with van der Waals surface area (Å²) in [5.74, 6) is 1.22. The molecule has 0 unspecified atom stereocenters. The zero-order chi connectivity index (χ0) is 17.4. The van der Waals surface area contributed by atoms with Crippen LogP contribution >= 0.6 is 0 Å². The molecule has 25 heavy (non-hydrogen) atoms. The molecule has 1 fully saturated rings. The van der Waals surface area contributed by atoms with Crippen LogP contribution in [0.3, 0.4) is 0 Å². The molecule has 7 nitrogen and oxygen atoms in total. The van der Waals surface area contributed by atoms with E-state index in [9.17, 15) is 9.59 Å². The minimum Gasteiger partial charge on any atom is -0.469 e. The number of furan rings is 1. The lowest BCUT2D eigenvalue weighted by molar-refractivity contribution is -0.122. The number of carbonyl (C=O) groups is 2. The Labute approximate surface area is 145 Å². The first-order chi connectivity index (χ1) is 12.1. The summed E-state index contributed by atoms with van der Waals surface area (Å²) in [6, 6.07) is 3.74. The van der Waals surface area contributed by atoms with Crippen LogP contribution in [-0.2, 0) is 11.2 Å². The van der Waals surface area contributed by atoms with E-state index in [1.807, 2.05) is 12.1 Å². The third kappa shape index (κ3) is 3.01. The number of piperidine rings is 1. The summed E-state index contributed by atoms with van der Waals surface area (Å²) in [5.41, 5.74) is 6.77. The first-order valence-electron chi connectivity index (χ1n) is 8.58. The molecule has 4 rings (SSSR count). The van der Waals surface area contributed by atoms with Crippen molar-refractivity contribution in [1.29, 1.82) is 0 Å². The predicted octanol–water partition coefficient (Wildman–Crippen LogP) is 1.68. The number of ketones is 1. The molecule has 1 aliphatic heterocycles. The third-order valence-electron chi connectivity index (χ3n) is 5.15. The number of nitrogens with two attached hydrogens (primary N) is 1. The van der Waals surface area contributed by atoms with Gasteiger partial charge in [-0.15, -0.1) is 0 Å². The Kier molecular flexibility index (Phi) is 3.99. The van der Waals surface area contributed by atoms with Gasteiger partial charge in [-0.3, -0.25) is 9.59 Å². The summed E-state index contributed by atoms with van der Waals surface area (Å²) in [7, 11) is 0. The summed E-state index contributed by atoms with van der Waals surface area (Å²) < 4.78 is 5.47. The van der Waals surface area contributed by atoms with Gasteiger partial charge in [-0.2, -0.15) is 0 Å². The zero-order valence-electron chi connectivity index (χ0n) is 13.9. The second kappa shape index (κ2) is 6.31. The SMILES string of the molecule is NC(=O)C1CCN(c2ncc3c(n2)C[C@@H](c2ccco2)CC3=O)CC1. The molecule has 7 heteroatoms. The summed E-state index contributed by atoms with van der Waals surface area (Å²) in [6.07, 6.45) is 5.78. The van der Waals surface area contributed by atoms with E-state index >= 15 is 0 Å². The Balaban J connectivity index is 1.55. The number of hydrogen-bond acceptors (Lipinski definition) is 6. The lowest BCUT2D eigenvalue weighted by Crippen LogP contribution is -2.39. The first kappa shape index (κ1) is 15.8. The maximum Gasteiger partial charge on any atom is 0.225 e. The minimum absolute atomic E-state index is 0.0262. The van der Waals surface area contributed by atoms with Gasteiger partial charge in [0.1, 0.15) is 5.76 Å². The van der Waals surface area contributed by atoms with Crippen molar-refractivity contribution in [2.24, 2.45) is 11.7 Å². The van der Waals surface area contributed by atoms with Crippen LogP contribution in [0, 0.1) is 5.92 Å². The van der Waals surface area contributed by atoms with Crippen LogP contribution in [0.15, 0.2) is 29.0 Å². The van der Waals surface area contributed by atoms with Crippen LogP contribution in [0.5, 0.6) is 0 Å². The van der Waals surface area contributed by atoms with Crippen molar-refractivity contribution >= 4 is 17.6 Å². The fraction of sp³-hybridized carbons (Fsp3) is 0.444. The highest BCUT2D eigenvalue weighted by Crippen LogP contribution is 2.32. The zero-order valence-corrected chi connectivity index (χ0v) is 13.9. The predicted molar refractivity (Wildman–Crippen MR) is 90.3 cm³/mol. The highest BCUT2D eigenvalue weighted by Gasteiger charge is 2.31. The van der Waals surface area contributed by atoms with E-state index in [1.165, 1.54) is 0 Å². The Morgan fingerprint density at radius 2 is 2.08 bits per heavy atom. The van der Waals surface area contributed by atoms with E-state index in [-0.39, 0.29) is 23.5 Å². The van der Waals surface area contributed by atoms with Crippen LogP contribution in [0.1, 0.15) is 47.0 Å². The lowest BCUT2D eigenvalue weighted by Gasteiger charge is -2.31. The highest BCUT2D eigenvalue weighted by molar-refractivity contribution is 5.98. The molecule has 1 amide bonds. The number of Topliss-reactive ketones (excluding diaryl/α,β-unsaturated/α-hetero) is 1. The van der Waals surface area contributed by atoms with Crippen molar-refractivity contribution in [3.8, 4) is 0 Å². The number of amides is 1. The Bertz CT molecular complexity index is 795. The van der Waals surface area contributed by atoms with E-state index in [4.69, 9.17) is 10.2 Å². The maximum absolute atomic E-state index is 12.4. The number of anilines is 1. The molecule has 0 radical (unpaired) electrons. The molecule has 0 saturated carbocycles. The van der Waals surface area contributed by atoms with Gasteiger partial charge >= 0.3 is 0 Å². The third-order valence-corrected chi connectivity index (χ3v) is 5.15. The average molecular weight is 340 g/mol. The van der Waals surface area contributed by atoms with Crippen LogP contribution < -0.4 is 10.6 Å². The largest absolute Gasteiger partial charge is 0.469 e. The van der Waals surface area contributed by atoms with Gasteiger partial charge in [-0.25, -0.2) is 9.97 Å².